The minimum Gasteiger partial charge on any atom is -0.496 e. The van der Waals surface area contributed by atoms with Crippen LogP contribution in [0.25, 0.3) is 0 Å². The molecule has 1 atom stereocenters. The Kier molecular flexibility index (Phi) is 5.51. The zero-order valence-corrected chi connectivity index (χ0v) is 9.90. The Labute approximate surface area is 104 Å². The van der Waals surface area contributed by atoms with Gasteiger partial charge in [-0.15, -0.1) is 0 Å². The van der Waals surface area contributed by atoms with Crippen LogP contribution >= 0.6 is 0 Å². The molecule has 0 unspecified atom stereocenters. The lowest BCUT2D eigenvalue weighted by molar-refractivity contribution is -0.121. The highest BCUT2D eigenvalue weighted by atomic mass is 19.3. The average molecular weight is 259 g/mol. The molecule has 100 valence electrons. The number of halogens is 2. The summed E-state index contributed by atoms with van der Waals surface area (Å²) in [5.74, 6) is 0.112. The molecule has 0 aliphatic rings. The van der Waals surface area contributed by atoms with Gasteiger partial charge in [0.2, 0.25) is 5.91 Å². The molecule has 4 nitrogen and oxygen atoms in total. The fourth-order valence-electron chi connectivity index (χ4n) is 1.39. The molecule has 0 bridgehead atoms. The van der Waals surface area contributed by atoms with Crippen LogP contribution in [0.2, 0.25) is 0 Å². The van der Waals surface area contributed by atoms with Crippen LogP contribution in [0.3, 0.4) is 0 Å². The molecule has 0 saturated heterocycles. The molecule has 0 heterocycles. The van der Waals surface area contributed by atoms with E-state index >= 15 is 0 Å². The molecule has 0 radical (unpaired) electrons. The van der Waals surface area contributed by atoms with E-state index in [2.05, 4.69) is 5.32 Å². The second-order valence-electron chi connectivity index (χ2n) is 3.69. The second kappa shape index (κ2) is 6.90. The van der Waals surface area contributed by atoms with E-state index in [1.165, 1.54) is 7.11 Å². The summed E-state index contributed by atoms with van der Waals surface area (Å²) in [6, 6.07) is 6.93. The van der Waals surface area contributed by atoms with Crippen LogP contribution in [0.1, 0.15) is 5.56 Å². The number of carbonyl (C=O) groups excluding carboxylic acids is 1. The number of rotatable bonds is 6. The van der Waals surface area contributed by atoms with Crippen molar-refractivity contribution < 1.29 is 23.4 Å². The molecule has 6 heteroatoms. The van der Waals surface area contributed by atoms with E-state index in [0.717, 1.165) is 0 Å². The van der Waals surface area contributed by atoms with Crippen LogP contribution in [0, 0.1) is 0 Å². The molecule has 2 N–H and O–H groups in total. The van der Waals surface area contributed by atoms with Crippen molar-refractivity contribution in [3.8, 4) is 5.75 Å². The van der Waals surface area contributed by atoms with E-state index in [1.807, 2.05) is 0 Å². The summed E-state index contributed by atoms with van der Waals surface area (Å²) in [5, 5.41) is 11.1. The highest BCUT2D eigenvalue weighted by Crippen LogP contribution is 2.17. The number of aliphatic hydroxyl groups is 1. The first-order valence-electron chi connectivity index (χ1n) is 5.39. The number of methoxy groups -OCH3 is 1. The lowest BCUT2D eigenvalue weighted by Gasteiger charge is -2.11. The van der Waals surface area contributed by atoms with E-state index in [1.54, 1.807) is 24.3 Å². The number of nitrogens with one attached hydrogen (secondary N) is 1. The SMILES string of the molecule is COc1ccccc1CC(=O)NC[C@H](O)C(F)F. The van der Waals surface area contributed by atoms with Crippen LogP contribution in [0.4, 0.5) is 8.78 Å². The maximum absolute atomic E-state index is 12.0. The number of alkyl halides is 2. The van der Waals surface area contributed by atoms with Gasteiger partial charge in [0.05, 0.1) is 13.5 Å². The van der Waals surface area contributed by atoms with Gasteiger partial charge in [0.25, 0.3) is 6.43 Å². The van der Waals surface area contributed by atoms with Gasteiger partial charge in [-0.2, -0.15) is 0 Å². The zero-order valence-electron chi connectivity index (χ0n) is 9.90. The summed E-state index contributed by atoms with van der Waals surface area (Å²) in [7, 11) is 1.48. The highest BCUT2D eigenvalue weighted by Gasteiger charge is 2.17. The first kappa shape index (κ1) is 14.4. The second-order valence-corrected chi connectivity index (χ2v) is 3.69. The predicted octanol–water partition coefficient (Wildman–Crippen LogP) is 0.980. The smallest absolute Gasteiger partial charge is 0.265 e. The van der Waals surface area contributed by atoms with Crippen LogP contribution in [0.15, 0.2) is 24.3 Å². The molecule has 0 fully saturated rings. The maximum Gasteiger partial charge on any atom is 0.265 e. The molecule has 1 aromatic rings. The van der Waals surface area contributed by atoms with Crippen LogP contribution in [-0.4, -0.2) is 37.2 Å². The standard InChI is InChI=1S/C12H15F2NO3/c1-18-10-5-3-2-4-8(10)6-11(17)15-7-9(16)12(13)14/h2-5,9,12,16H,6-7H2,1H3,(H,15,17)/t9-/m0/s1. The first-order chi connectivity index (χ1) is 8.54. The van der Waals surface area contributed by atoms with E-state index in [4.69, 9.17) is 9.84 Å². The van der Waals surface area contributed by atoms with Gasteiger partial charge in [-0.05, 0) is 6.07 Å². The van der Waals surface area contributed by atoms with Crippen molar-refractivity contribution >= 4 is 5.91 Å². The van der Waals surface area contributed by atoms with Crippen molar-refractivity contribution in [2.24, 2.45) is 0 Å². The highest BCUT2D eigenvalue weighted by molar-refractivity contribution is 5.79. The largest absolute Gasteiger partial charge is 0.496 e. The number of hydrogen-bond acceptors (Lipinski definition) is 3. The normalized spacial score (nSPS) is 12.3. The van der Waals surface area contributed by atoms with Gasteiger partial charge in [-0.3, -0.25) is 4.79 Å². The Morgan fingerprint density at radius 2 is 2.11 bits per heavy atom. The first-order valence-corrected chi connectivity index (χ1v) is 5.39. The number of carbonyl (C=O) groups is 1. The molecular weight excluding hydrogens is 244 g/mol. The van der Waals surface area contributed by atoms with E-state index in [-0.39, 0.29) is 6.42 Å². The number of amides is 1. The minimum atomic E-state index is -2.86. The molecular formula is C12H15F2NO3. The molecule has 0 aliphatic heterocycles. The van der Waals surface area contributed by atoms with Crippen molar-refractivity contribution in [2.45, 2.75) is 19.0 Å². The van der Waals surface area contributed by atoms with Gasteiger partial charge < -0.3 is 15.2 Å². The third-order valence-corrected chi connectivity index (χ3v) is 2.34. The van der Waals surface area contributed by atoms with Crippen molar-refractivity contribution in [1.29, 1.82) is 0 Å². The number of aliphatic hydroxyl groups excluding tert-OH is 1. The summed E-state index contributed by atoms with van der Waals surface area (Å²) in [6.07, 6.45) is -4.69. The Bertz CT molecular complexity index is 399. The Balaban J connectivity index is 2.49. The Morgan fingerprint density at radius 3 is 2.72 bits per heavy atom. The summed E-state index contributed by atoms with van der Waals surface area (Å²) in [5.41, 5.74) is 0.657. The summed E-state index contributed by atoms with van der Waals surface area (Å²) in [6.45, 7) is -0.467. The minimum absolute atomic E-state index is 0.0139. The summed E-state index contributed by atoms with van der Waals surface area (Å²) in [4.78, 5) is 11.5. The van der Waals surface area contributed by atoms with Crippen molar-refractivity contribution in [2.75, 3.05) is 13.7 Å². The van der Waals surface area contributed by atoms with E-state index < -0.39 is 25.0 Å². The third-order valence-electron chi connectivity index (χ3n) is 2.34. The third kappa shape index (κ3) is 4.29. The maximum atomic E-state index is 12.0. The molecule has 0 aliphatic carbocycles. The lowest BCUT2D eigenvalue weighted by Crippen LogP contribution is -2.36. The summed E-state index contributed by atoms with van der Waals surface area (Å²) >= 11 is 0. The lowest BCUT2D eigenvalue weighted by atomic mass is 10.1. The molecule has 1 aromatic carbocycles. The van der Waals surface area contributed by atoms with Crippen molar-refractivity contribution in [1.82, 2.24) is 5.32 Å². The fraction of sp³-hybridized carbons (Fsp3) is 0.417. The van der Waals surface area contributed by atoms with E-state index in [9.17, 15) is 13.6 Å². The predicted molar refractivity (Wildman–Crippen MR) is 61.7 cm³/mol. The topological polar surface area (TPSA) is 58.6 Å². The number of hydrogen-bond donors (Lipinski definition) is 2. The molecule has 0 aromatic heterocycles. The number of para-hydroxylation sites is 1. The van der Waals surface area contributed by atoms with Gasteiger partial charge in [0.15, 0.2) is 0 Å². The average Bonchev–Trinajstić information content (AvgIpc) is 2.36. The molecule has 0 saturated carbocycles. The van der Waals surface area contributed by atoms with Gasteiger partial charge in [-0.1, -0.05) is 18.2 Å². The van der Waals surface area contributed by atoms with Gasteiger partial charge in [0, 0.05) is 12.1 Å². The fourth-order valence-corrected chi connectivity index (χ4v) is 1.39. The number of ether oxygens (including phenoxy) is 1. The summed E-state index contributed by atoms with van der Waals surface area (Å²) < 4.78 is 29.1. The van der Waals surface area contributed by atoms with Gasteiger partial charge in [-0.25, -0.2) is 8.78 Å². The Hall–Kier alpha value is -1.69. The molecule has 1 amide bonds. The van der Waals surface area contributed by atoms with Crippen molar-refractivity contribution in [3.05, 3.63) is 29.8 Å². The molecule has 1 rings (SSSR count). The quantitative estimate of drug-likeness (QED) is 0.800. The van der Waals surface area contributed by atoms with E-state index in [0.29, 0.717) is 11.3 Å². The molecule has 18 heavy (non-hydrogen) atoms. The Morgan fingerprint density at radius 1 is 1.44 bits per heavy atom. The molecule has 0 spiro atoms. The van der Waals surface area contributed by atoms with Crippen LogP contribution < -0.4 is 10.1 Å². The van der Waals surface area contributed by atoms with Gasteiger partial charge in [0.1, 0.15) is 11.9 Å². The van der Waals surface area contributed by atoms with Crippen LogP contribution in [-0.2, 0) is 11.2 Å². The number of benzene rings is 1. The van der Waals surface area contributed by atoms with Gasteiger partial charge >= 0.3 is 0 Å². The van der Waals surface area contributed by atoms with Crippen molar-refractivity contribution in [3.63, 3.8) is 0 Å². The monoisotopic (exact) mass is 259 g/mol. The zero-order chi connectivity index (χ0) is 13.5. The van der Waals surface area contributed by atoms with Crippen LogP contribution in [0.5, 0.6) is 5.75 Å².